The maximum absolute atomic E-state index is 12.2. The van der Waals surface area contributed by atoms with E-state index in [0.29, 0.717) is 6.54 Å². The molecule has 3 heteroatoms. The highest BCUT2D eigenvalue weighted by Crippen LogP contribution is 2.33. The van der Waals surface area contributed by atoms with Gasteiger partial charge < -0.3 is 10.3 Å². The second-order valence-electron chi connectivity index (χ2n) is 5.15. The van der Waals surface area contributed by atoms with Crippen LogP contribution in [0, 0.1) is 0 Å². The van der Waals surface area contributed by atoms with Gasteiger partial charge in [0.2, 0.25) is 0 Å². The van der Waals surface area contributed by atoms with Crippen molar-refractivity contribution in [3.8, 4) is 0 Å². The number of carbonyl (C=O) groups excluding carboxylic acids is 1. The number of hydrogen-bond acceptors (Lipinski definition) is 1. The minimum Gasteiger partial charge on any atom is -0.361 e. The van der Waals surface area contributed by atoms with Crippen LogP contribution >= 0.6 is 0 Å². The molecule has 0 saturated heterocycles. The van der Waals surface area contributed by atoms with Gasteiger partial charge in [0.15, 0.2) is 0 Å². The van der Waals surface area contributed by atoms with Crippen molar-refractivity contribution in [2.75, 3.05) is 6.54 Å². The van der Waals surface area contributed by atoms with Crippen LogP contribution in [0.15, 0.2) is 60.8 Å². The predicted octanol–water partition coefficient (Wildman–Crippen LogP) is 3.21. The van der Waals surface area contributed by atoms with Crippen LogP contribution < -0.4 is 5.32 Å². The van der Waals surface area contributed by atoms with Gasteiger partial charge in [0.05, 0.1) is 5.57 Å². The van der Waals surface area contributed by atoms with Crippen LogP contribution in [0.2, 0.25) is 0 Å². The standard InChI is InChI=1S/C18H14N2O/c21-18-17(12-6-2-1-3-7-12)15(11-20-18)14-10-19-16-9-5-4-8-13(14)16/h1-10,19H,11H2,(H,20,21). The van der Waals surface area contributed by atoms with Gasteiger partial charge in [-0.3, -0.25) is 4.79 Å². The predicted molar refractivity (Wildman–Crippen MR) is 84.6 cm³/mol. The summed E-state index contributed by atoms with van der Waals surface area (Å²) < 4.78 is 0. The molecule has 0 fully saturated rings. The Labute approximate surface area is 122 Å². The van der Waals surface area contributed by atoms with Crippen molar-refractivity contribution in [2.24, 2.45) is 0 Å². The van der Waals surface area contributed by atoms with Gasteiger partial charge in [-0.15, -0.1) is 0 Å². The largest absolute Gasteiger partial charge is 0.361 e. The van der Waals surface area contributed by atoms with Crippen LogP contribution in [0.1, 0.15) is 11.1 Å². The summed E-state index contributed by atoms with van der Waals surface area (Å²) in [5, 5.41) is 4.09. The number of para-hydroxylation sites is 1. The third-order valence-corrected chi connectivity index (χ3v) is 3.93. The Morgan fingerprint density at radius 1 is 0.905 bits per heavy atom. The molecular formula is C18H14N2O. The number of hydrogen-bond donors (Lipinski definition) is 2. The number of H-pyrrole nitrogens is 1. The maximum Gasteiger partial charge on any atom is 0.252 e. The Kier molecular flexibility index (Phi) is 2.64. The summed E-state index contributed by atoms with van der Waals surface area (Å²) in [6.07, 6.45) is 1.99. The highest BCUT2D eigenvalue weighted by molar-refractivity contribution is 6.31. The summed E-state index contributed by atoms with van der Waals surface area (Å²) in [6, 6.07) is 18.0. The fraction of sp³-hybridized carbons (Fsp3) is 0.0556. The zero-order valence-corrected chi connectivity index (χ0v) is 11.4. The van der Waals surface area contributed by atoms with Gasteiger partial charge in [-0.2, -0.15) is 0 Å². The molecule has 0 atom stereocenters. The number of rotatable bonds is 2. The van der Waals surface area contributed by atoms with Gasteiger partial charge in [0, 0.05) is 29.2 Å². The first-order valence-electron chi connectivity index (χ1n) is 6.98. The van der Waals surface area contributed by atoms with Gasteiger partial charge in [0.1, 0.15) is 0 Å². The van der Waals surface area contributed by atoms with E-state index >= 15 is 0 Å². The molecule has 0 spiro atoms. The number of nitrogens with one attached hydrogen (secondary N) is 2. The molecule has 1 aromatic heterocycles. The van der Waals surface area contributed by atoms with Crippen molar-refractivity contribution in [3.63, 3.8) is 0 Å². The van der Waals surface area contributed by atoms with Crippen LogP contribution in [0.5, 0.6) is 0 Å². The lowest BCUT2D eigenvalue weighted by atomic mass is 9.96. The number of aromatic nitrogens is 1. The molecule has 2 aromatic carbocycles. The van der Waals surface area contributed by atoms with Crippen molar-refractivity contribution >= 4 is 28.0 Å². The van der Waals surface area contributed by atoms with Gasteiger partial charge in [-0.05, 0) is 17.2 Å². The smallest absolute Gasteiger partial charge is 0.252 e. The van der Waals surface area contributed by atoms with Crippen molar-refractivity contribution in [2.45, 2.75) is 0 Å². The number of amides is 1. The van der Waals surface area contributed by atoms with E-state index in [2.05, 4.69) is 16.4 Å². The lowest BCUT2D eigenvalue weighted by molar-refractivity contribution is -0.114. The average molecular weight is 274 g/mol. The average Bonchev–Trinajstić information content (AvgIpc) is 3.11. The first-order chi connectivity index (χ1) is 10.3. The molecule has 3 nitrogen and oxygen atoms in total. The highest BCUT2D eigenvalue weighted by atomic mass is 16.1. The Morgan fingerprint density at radius 2 is 1.67 bits per heavy atom. The molecule has 0 unspecified atom stereocenters. The molecule has 1 aliphatic heterocycles. The Morgan fingerprint density at radius 3 is 2.52 bits per heavy atom. The summed E-state index contributed by atoms with van der Waals surface area (Å²) in [6.45, 7) is 0.574. The maximum atomic E-state index is 12.2. The van der Waals surface area contributed by atoms with Gasteiger partial charge in [-0.25, -0.2) is 0 Å². The van der Waals surface area contributed by atoms with Crippen LogP contribution in [0.25, 0.3) is 22.0 Å². The number of fused-ring (bicyclic) bond motifs is 1. The summed E-state index contributed by atoms with van der Waals surface area (Å²) in [5.41, 5.74) is 4.99. The second kappa shape index (κ2) is 4.63. The minimum atomic E-state index is 0.00137. The van der Waals surface area contributed by atoms with E-state index in [4.69, 9.17) is 0 Å². The quantitative estimate of drug-likeness (QED) is 0.740. The Balaban J connectivity index is 1.97. The molecule has 2 N–H and O–H groups in total. The van der Waals surface area contributed by atoms with Gasteiger partial charge >= 0.3 is 0 Å². The molecule has 102 valence electrons. The summed E-state index contributed by atoms with van der Waals surface area (Å²) in [5.74, 6) is 0.00137. The normalized spacial score (nSPS) is 14.8. The van der Waals surface area contributed by atoms with Crippen molar-refractivity contribution in [3.05, 3.63) is 71.9 Å². The molecule has 4 rings (SSSR count). The van der Waals surface area contributed by atoms with E-state index in [-0.39, 0.29) is 5.91 Å². The van der Waals surface area contributed by atoms with Crippen molar-refractivity contribution in [1.29, 1.82) is 0 Å². The first kappa shape index (κ1) is 12.0. The van der Waals surface area contributed by atoms with Gasteiger partial charge in [-0.1, -0.05) is 48.5 Å². The molecule has 0 saturated carbocycles. The summed E-state index contributed by atoms with van der Waals surface area (Å²) >= 11 is 0. The second-order valence-corrected chi connectivity index (χ2v) is 5.15. The Hall–Kier alpha value is -2.81. The van der Waals surface area contributed by atoms with Crippen LogP contribution in [-0.4, -0.2) is 17.4 Å². The lowest BCUT2D eigenvalue weighted by Crippen LogP contribution is -2.16. The molecule has 0 radical (unpaired) electrons. The number of benzene rings is 2. The van der Waals surface area contributed by atoms with E-state index < -0.39 is 0 Å². The fourth-order valence-electron chi connectivity index (χ4n) is 2.94. The van der Waals surface area contributed by atoms with Crippen molar-refractivity contribution < 1.29 is 4.79 Å². The van der Waals surface area contributed by atoms with Crippen LogP contribution in [0.3, 0.4) is 0 Å². The summed E-state index contributed by atoms with van der Waals surface area (Å²) in [7, 11) is 0. The van der Waals surface area contributed by atoms with Gasteiger partial charge in [0.25, 0.3) is 5.91 Å². The van der Waals surface area contributed by atoms with Crippen LogP contribution in [0.4, 0.5) is 0 Å². The third kappa shape index (κ3) is 1.86. The minimum absolute atomic E-state index is 0.00137. The monoisotopic (exact) mass is 274 g/mol. The van der Waals surface area contributed by atoms with E-state index in [1.165, 1.54) is 0 Å². The van der Waals surface area contributed by atoms with E-state index in [9.17, 15) is 4.79 Å². The number of aromatic amines is 1. The molecule has 1 amide bonds. The molecule has 0 aliphatic carbocycles. The van der Waals surface area contributed by atoms with E-state index in [1.54, 1.807) is 0 Å². The third-order valence-electron chi connectivity index (χ3n) is 3.93. The SMILES string of the molecule is O=C1NCC(c2c[nH]c3ccccc23)=C1c1ccccc1. The Bertz CT molecular complexity index is 859. The molecule has 3 aromatic rings. The van der Waals surface area contributed by atoms with Crippen LogP contribution in [-0.2, 0) is 4.79 Å². The molecule has 0 bridgehead atoms. The highest BCUT2D eigenvalue weighted by Gasteiger charge is 2.26. The molecule has 1 aliphatic rings. The fourth-order valence-corrected chi connectivity index (χ4v) is 2.94. The van der Waals surface area contributed by atoms with E-state index in [0.717, 1.165) is 33.2 Å². The molecule has 2 heterocycles. The number of carbonyl (C=O) groups is 1. The molecular weight excluding hydrogens is 260 g/mol. The zero-order valence-electron chi connectivity index (χ0n) is 11.4. The summed E-state index contributed by atoms with van der Waals surface area (Å²) in [4.78, 5) is 15.5. The van der Waals surface area contributed by atoms with Crippen molar-refractivity contribution in [1.82, 2.24) is 10.3 Å². The zero-order chi connectivity index (χ0) is 14.2. The topological polar surface area (TPSA) is 44.9 Å². The lowest BCUT2D eigenvalue weighted by Gasteiger charge is -2.04. The van der Waals surface area contributed by atoms with E-state index in [1.807, 2.05) is 54.7 Å². The molecule has 21 heavy (non-hydrogen) atoms. The first-order valence-corrected chi connectivity index (χ1v) is 6.98.